The second-order valence-corrected chi connectivity index (χ2v) is 4.08. The van der Waals surface area contributed by atoms with Gasteiger partial charge in [0.2, 0.25) is 0 Å². The summed E-state index contributed by atoms with van der Waals surface area (Å²) in [5.74, 6) is 3.07. The molecule has 0 saturated carbocycles. The van der Waals surface area contributed by atoms with Crippen LogP contribution in [0.5, 0.6) is 5.75 Å². The fraction of sp³-hybridized carbons (Fsp3) is 0.133. The van der Waals surface area contributed by atoms with Gasteiger partial charge in [-0.05, 0) is 23.8 Å². The molecule has 1 aromatic heterocycles. The highest BCUT2D eigenvalue weighted by molar-refractivity contribution is 6.01. The third-order valence-electron chi connectivity index (χ3n) is 2.94. The predicted molar refractivity (Wildman–Crippen MR) is 68.3 cm³/mol. The van der Waals surface area contributed by atoms with E-state index in [9.17, 15) is 4.79 Å². The summed E-state index contributed by atoms with van der Waals surface area (Å²) >= 11 is 0. The van der Waals surface area contributed by atoms with Crippen LogP contribution in [0, 0.1) is 12.3 Å². The van der Waals surface area contributed by atoms with Gasteiger partial charge in [0.15, 0.2) is 17.1 Å². The number of hydrogen-bond acceptors (Lipinski definition) is 3. The molecule has 3 nitrogen and oxygen atoms in total. The van der Waals surface area contributed by atoms with Gasteiger partial charge in [-0.1, -0.05) is 12.0 Å². The molecular formula is C15H10O3. The molecule has 88 valence electrons. The van der Waals surface area contributed by atoms with E-state index in [1.807, 2.05) is 12.1 Å². The molecule has 1 aliphatic rings. The van der Waals surface area contributed by atoms with E-state index in [1.54, 1.807) is 18.4 Å². The summed E-state index contributed by atoms with van der Waals surface area (Å²) in [4.78, 5) is 11.5. The predicted octanol–water partition coefficient (Wildman–Crippen LogP) is 2.58. The fourth-order valence-electron chi connectivity index (χ4n) is 2.15. The number of rotatable bonds is 2. The lowest BCUT2D eigenvalue weighted by Gasteiger charge is -2.15. The van der Waals surface area contributed by atoms with Crippen LogP contribution in [-0.2, 0) is 11.2 Å². The topological polar surface area (TPSA) is 39.4 Å². The lowest BCUT2D eigenvalue weighted by molar-refractivity contribution is -0.114. The minimum absolute atomic E-state index is 0.0546. The number of ketones is 1. The van der Waals surface area contributed by atoms with E-state index >= 15 is 0 Å². The highest BCUT2D eigenvalue weighted by Gasteiger charge is 2.20. The minimum Gasteiger partial charge on any atom is -0.477 e. The average molecular weight is 238 g/mol. The molecule has 0 radical (unpaired) electrons. The molecule has 1 aliphatic carbocycles. The van der Waals surface area contributed by atoms with E-state index in [0.29, 0.717) is 17.8 Å². The summed E-state index contributed by atoms with van der Waals surface area (Å²) < 4.78 is 11.0. The molecular weight excluding hydrogens is 228 g/mol. The van der Waals surface area contributed by atoms with Crippen LogP contribution in [0.1, 0.15) is 11.1 Å². The zero-order valence-corrected chi connectivity index (χ0v) is 9.60. The van der Waals surface area contributed by atoms with Crippen LogP contribution < -0.4 is 4.74 Å². The Morgan fingerprint density at radius 2 is 2.33 bits per heavy atom. The minimum atomic E-state index is 0.0546. The molecule has 0 amide bonds. The van der Waals surface area contributed by atoms with Gasteiger partial charge in [0.1, 0.15) is 6.61 Å². The smallest absolute Gasteiger partial charge is 0.176 e. The third-order valence-corrected chi connectivity index (χ3v) is 2.94. The Labute approximate surface area is 104 Å². The molecule has 1 heterocycles. The molecule has 0 spiro atoms. The van der Waals surface area contributed by atoms with Gasteiger partial charge in [0.05, 0.1) is 6.26 Å². The van der Waals surface area contributed by atoms with Crippen LogP contribution in [0.3, 0.4) is 0 Å². The number of allylic oxidation sites excluding steroid dienone is 1. The summed E-state index contributed by atoms with van der Waals surface area (Å²) in [7, 11) is 0. The van der Waals surface area contributed by atoms with Gasteiger partial charge in [-0.25, -0.2) is 0 Å². The monoisotopic (exact) mass is 238 g/mol. The highest BCUT2D eigenvalue weighted by atomic mass is 16.5. The quantitative estimate of drug-likeness (QED) is 0.755. The summed E-state index contributed by atoms with van der Waals surface area (Å²) in [5, 5.41) is 0.944. The molecule has 2 aromatic rings. The Kier molecular flexibility index (Phi) is 2.42. The number of furan rings is 1. The molecule has 1 aromatic carbocycles. The summed E-state index contributed by atoms with van der Waals surface area (Å²) in [6.07, 6.45) is 10.5. The number of benzene rings is 1. The van der Waals surface area contributed by atoms with Crippen LogP contribution in [0.4, 0.5) is 0 Å². The highest BCUT2D eigenvalue weighted by Crippen LogP contribution is 2.36. The molecule has 0 unspecified atom stereocenters. The number of ether oxygens (including phenoxy) is 1. The Morgan fingerprint density at radius 3 is 3.17 bits per heavy atom. The van der Waals surface area contributed by atoms with Crippen LogP contribution in [0.25, 0.3) is 17.0 Å². The standard InChI is InChI=1S/C15H10O3/c1-2-6-17-15-13-9-12(16)4-3-10(13)8-11-5-7-18-14(11)15/h1,3-5,7-8H,6,9H2. The molecule has 0 aliphatic heterocycles. The maximum Gasteiger partial charge on any atom is 0.176 e. The summed E-state index contributed by atoms with van der Waals surface area (Å²) in [6.45, 7) is 0.157. The van der Waals surface area contributed by atoms with Gasteiger partial charge in [0.25, 0.3) is 0 Å². The first-order chi connectivity index (χ1) is 8.79. The third kappa shape index (κ3) is 1.59. The molecule has 18 heavy (non-hydrogen) atoms. The van der Waals surface area contributed by atoms with Crippen molar-refractivity contribution in [2.45, 2.75) is 6.42 Å². The van der Waals surface area contributed by atoms with E-state index in [-0.39, 0.29) is 12.4 Å². The second-order valence-electron chi connectivity index (χ2n) is 4.08. The largest absolute Gasteiger partial charge is 0.477 e. The van der Waals surface area contributed by atoms with Crippen molar-refractivity contribution in [3.63, 3.8) is 0 Å². The van der Waals surface area contributed by atoms with E-state index < -0.39 is 0 Å². The van der Waals surface area contributed by atoms with Crippen LogP contribution in [0.15, 0.2) is 28.9 Å². The molecule has 3 rings (SSSR count). The van der Waals surface area contributed by atoms with Crippen molar-refractivity contribution in [1.29, 1.82) is 0 Å². The van der Waals surface area contributed by atoms with Crippen LogP contribution in [0.2, 0.25) is 0 Å². The van der Waals surface area contributed by atoms with Crippen molar-refractivity contribution < 1.29 is 13.9 Å². The van der Waals surface area contributed by atoms with Crippen LogP contribution in [-0.4, -0.2) is 12.4 Å². The molecule has 0 atom stereocenters. The summed E-state index contributed by atoms with van der Waals surface area (Å²) in [5.41, 5.74) is 2.47. The Morgan fingerprint density at radius 1 is 1.44 bits per heavy atom. The first kappa shape index (κ1) is 10.7. The zero-order valence-electron chi connectivity index (χ0n) is 9.60. The fourth-order valence-corrected chi connectivity index (χ4v) is 2.15. The molecule has 0 fully saturated rings. The van der Waals surface area contributed by atoms with Gasteiger partial charge in [-0.2, -0.15) is 0 Å². The number of hydrogen-bond donors (Lipinski definition) is 0. The molecule has 3 heteroatoms. The SMILES string of the molecule is C#CCOc1c2c(cc3ccoc13)C=CC(=O)C2. The van der Waals surface area contributed by atoms with Crippen molar-refractivity contribution in [2.24, 2.45) is 0 Å². The van der Waals surface area contributed by atoms with E-state index in [0.717, 1.165) is 16.5 Å². The van der Waals surface area contributed by atoms with E-state index in [4.69, 9.17) is 15.6 Å². The van der Waals surface area contributed by atoms with Gasteiger partial charge >= 0.3 is 0 Å². The van der Waals surface area contributed by atoms with Crippen LogP contribution >= 0.6 is 0 Å². The van der Waals surface area contributed by atoms with Crippen molar-refractivity contribution in [2.75, 3.05) is 6.61 Å². The lowest BCUT2D eigenvalue weighted by atomic mass is 9.94. The lowest BCUT2D eigenvalue weighted by Crippen LogP contribution is -2.08. The maximum atomic E-state index is 11.5. The first-order valence-electron chi connectivity index (χ1n) is 5.60. The van der Waals surface area contributed by atoms with Crippen molar-refractivity contribution in [3.8, 4) is 18.1 Å². The zero-order chi connectivity index (χ0) is 12.5. The number of terminal acetylenes is 1. The Balaban J connectivity index is 2.25. The summed E-state index contributed by atoms with van der Waals surface area (Å²) in [6, 6.07) is 3.85. The maximum absolute atomic E-state index is 11.5. The number of carbonyl (C=O) groups is 1. The van der Waals surface area contributed by atoms with Crippen molar-refractivity contribution in [1.82, 2.24) is 0 Å². The van der Waals surface area contributed by atoms with Gasteiger partial charge in [0, 0.05) is 17.4 Å². The van der Waals surface area contributed by atoms with Gasteiger partial charge in [-0.3, -0.25) is 4.79 Å². The van der Waals surface area contributed by atoms with E-state index in [2.05, 4.69) is 5.92 Å². The molecule has 0 bridgehead atoms. The van der Waals surface area contributed by atoms with E-state index in [1.165, 1.54) is 0 Å². The number of fused-ring (bicyclic) bond motifs is 2. The van der Waals surface area contributed by atoms with Crippen molar-refractivity contribution in [3.05, 3.63) is 35.6 Å². The number of carbonyl (C=O) groups excluding carboxylic acids is 1. The Hall–Kier alpha value is -2.47. The first-order valence-corrected chi connectivity index (χ1v) is 5.60. The second kappa shape index (κ2) is 4.08. The Bertz CT molecular complexity index is 698. The molecule has 0 saturated heterocycles. The van der Waals surface area contributed by atoms with Crippen molar-refractivity contribution >= 4 is 22.8 Å². The van der Waals surface area contributed by atoms with Gasteiger partial charge in [-0.15, -0.1) is 6.42 Å². The normalized spacial score (nSPS) is 13.4. The molecule has 0 N–H and O–H groups in total. The van der Waals surface area contributed by atoms with Gasteiger partial charge < -0.3 is 9.15 Å². The average Bonchev–Trinajstić information content (AvgIpc) is 2.82.